The molecule has 1 N–H and O–H groups in total. The van der Waals surface area contributed by atoms with Gasteiger partial charge in [0.15, 0.2) is 6.61 Å². The second kappa shape index (κ2) is 9.42. The average molecular weight is 388 g/mol. The molecule has 0 heterocycles. The number of esters is 1. The summed E-state index contributed by atoms with van der Waals surface area (Å²) in [4.78, 5) is 24.2. The van der Waals surface area contributed by atoms with Gasteiger partial charge in [0.25, 0.3) is 5.91 Å². The van der Waals surface area contributed by atoms with E-state index in [0.717, 1.165) is 25.7 Å². The minimum atomic E-state index is -0.359. The number of benzene rings is 2. The predicted octanol–water partition coefficient (Wildman–Crippen LogP) is 4.85. The molecule has 0 atom stereocenters. The first-order chi connectivity index (χ1) is 13.1. The lowest BCUT2D eigenvalue weighted by Gasteiger charge is -2.21. The number of amides is 1. The highest BCUT2D eigenvalue weighted by atomic mass is 35.5. The van der Waals surface area contributed by atoms with Gasteiger partial charge >= 0.3 is 5.97 Å². The van der Waals surface area contributed by atoms with Crippen LogP contribution in [0.15, 0.2) is 48.5 Å². The van der Waals surface area contributed by atoms with Gasteiger partial charge in [0.2, 0.25) is 0 Å². The zero-order valence-electron chi connectivity index (χ0n) is 14.9. The summed E-state index contributed by atoms with van der Waals surface area (Å²) in [6, 6.07) is 13.6. The number of hydrogen-bond acceptors (Lipinski definition) is 4. The zero-order chi connectivity index (χ0) is 19.1. The Balaban J connectivity index is 1.48. The van der Waals surface area contributed by atoms with Crippen LogP contribution in [0.25, 0.3) is 0 Å². The number of hydrogen-bond donors (Lipinski definition) is 1. The highest BCUT2D eigenvalue weighted by Gasteiger charge is 2.18. The summed E-state index contributed by atoms with van der Waals surface area (Å²) in [5, 5.41) is 3.23. The molecule has 1 aliphatic rings. The fourth-order valence-corrected chi connectivity index (χ4v) is 3.19. The molecule has 142 valence electrons. The molecule has 27 heavy (non-hydrogen) atoms. The van der Waals surface area contributed by atoms with Crippen molar-refractivity contribution in [2.45, 2.75) is 38.2 Å². The van der Waals surface area contributed by atoms with E-state index in [1.807, 2.05) is 0 Å². The summed E-state index contributed by atoms with van der Waals surface area (Å²) in [5.74, 6) is -0.126. The van der Waals surface area contributed by atoms with Gasteiger partial charge in [-0.05, 0) is 62.1 Å². The summed E-state index contributed by atoms with van der Waals surface area (Å²) in [6.45, 7) is -0.137. The highest BCUT2D eigenvalue weighted by molar-refractivity contribution is 6.33. The van der Waals surface area contributed by atoms with E-state index < -0.39 is 0 Å². The van der Waals surface area contributed by atoms with Crippen molar-refractivity contribution in [3.8, 4) is 5.75 Å². The molecule has 0 unspecified atom stereocenters. The van der Waals surface area contributed by atoms with E-state index in [1.54, 1.807) is 48.5 Å². The van der Waals surface area contributed by atoms with Crippen LogP contribution in [0.1, 0.15) is 42.5 Å². The summed E-state index contributed by atoms with van der Waals surface area (Å²) in [6.07, 6.45) is 5.31. The van der Waals surface area contributed by atoms with Crippen LogP contribution in [0.3, 0.4) is 0 Å². The van der Waals surface area contributed by atoms with Gasteiger partial charge < -0.3 is 14.8 Å². The molecule has 1 aliphatic carbocycles. The van der Waals surface area contributed by atoms with Crippen LogP contribution in [0.5, 0.6) is 5.75 Å². The smallest absolute Gasteiger partial charge is 0.344 e. The Hall–Kier alpha value is -2.53. The first-order valence-corrected chi connectivity index (χ1v) is 9.48. The number of rotatable bonds is 6. The van der Waals surface area contributed by atoms with Crippen molar-refractivity contribution in [3.05, 3.63) is 59.1 Å². The molecule has 0 saturated heterocycles. The lowest BCUT2D eigenvalue weighted by Crippen LogP contribution is -2.24. The van der Waals surface area contributed by atoms with Crippen molar-refractivity contribution >= 4 is 29.2 Å². The number of carbonyl (C=O) groups excluding carboxylic acids is 2. The third-order valence-corrected chi connectivity index (χ3v) is 4.78. The zero-order valence-corrected chi connectivity index (χ0v) is 15.7. The van der Waals surface area contributed by atoms with Gasteiger partial charge in [-0.2, -0.15) is 0 Å². The molecular weight excluding hydrogens is 366 g/mol. The minimum absolute atomic E-state index is 0.0192. The Morgan fingerprint density at radius 3 is 2.41 bits per heavy atom. The summed E-state index contributed by atoms with van der Waals surface area (Å²) in [5.41, 5.74) is 1.02. The summed E-state index contributed by atoms with van der Waals surface area (Å²) >= 11 is 6.04. The number of carbonyl (C=O) groups is 2. The van der Waals surface area contributed by atoms with Crippen LogP contribution >= 0.6 is 11.6 Å². The maximum atomic E-state index is 12.3. The molecule has 0 spiro atoms. The van der Waals surface area contributed by atoms with Crippen molar-refractivity contribution < 1.29 is 19.1 Å². The molecule has 1 saturated carbocycles. The van der Waals surface area contributed by atoms with Gasteiger partial charge in [-0.15, -0.1) is 0 Å². The van der Waals surface area contributed by atoms with Gasteiger partial charge in [0, 0.05) is 5.56 Å². The van der Waals surface area contributed by atoms with Crippen molar-refractivity contribution in [1.82, 2.24) is 0 Å². The average Bonchev–Trinajstić information content (AvgIpc) is 2.69. The molecule has 6 heteroatoms. The molecule has 1 fully saturated rings. The van der Waals surface area contributed by atoms with E-state index in [1.165, 1.54) is 6.42 Å². The van der Waals surface area contributed by atoms with E-state index in [0.29, 0.717) is 22.0 Å². The molecule has 3 rings (SSSR count). The molecular formula is C21H22ClNO4. The van der Waals surface area contributed by atoms with Crippen LogP contribution in [-0.2, 0) is 9.53 Å². The molecule has 2 aromatic carbocycles. The Bertz CT molecular complexity index is 785. The van der Waals surface area contributed by atoms with E-state index >= 15 is 0 Å². The van der Waals surface area contributed by atoms with E-state index in [-0.39, 0.29) is 24.6 Å². The van der Waals surface area contributed by atoms with Crippen LogP contribution in [0, 0.1) is 0 Å². The first kappa shape index (κ1) is 19.2. The molecule has 1 amide bonds. The third-order valence-electron chi connectivity index (χ3n) is 4.45. The molecule has 0 aromatic heterocycles. The van der Waals surface area contributed by atoms with Crippen LogP contribution in [0.4, 0.5) is 5.69 Å². The van der Waals surface area contributed by atoms with Crippen LogP contribution < -0.4 is 10.1 Å². The topological polar surface area (TPSA) is 64.6 Å². The Labute approximate surface area is 163 Å². The van der Waals surface area contributed by atoms with Gasteiger partial charge in [0.1, 0.15) is 11.9 Å². The van der Waals surface area contributed by atoms with E-state index in [2.05, 4.69) is 5.32 Å². The Morgan fingerprint density at radius 1 is 1.00 bits per heavy atom. The molecule has 5 nitrogen and oxygen atoms in total. The number of nitrogens with one attached hydrogen (secondary N) is 1. The Morgan fingerprint density at radius 2 is 1.70 bits per heavy atom. The first-order valence-electron chi connectivity index (χ1n) is 9.10. The van der Waals surface area contributed by atoms with Gasteiger partial charge in [0.05, 0.1) is 10.7 Å². The lowest BCUT2D eigenvalue weighted by molar-refractivity contribution is -0.152. The largest absolute Gasteiger partial charge is 0.482 e. The monoisotopic (exact) mass is 387 g/mol. The summed E-state index contributed by atoms with van der Waals surface area (Å²) in [7, 11) is 0. The Kier molecular flexibility index (Phi) is 6.71. The van der Waals surface area contributed by atoms with E-state index in [9.17, 15) is 9.59 Å². The van der Waals surface area contributed by atoms with Crippen LogP contribution in [0.2, 0.25) is 5.02 Å². The molecule has 2 aromatic rings. The number of halogens is 1. The number of ether oxygens (including phenoxy) is 2. The van der Waals surface area contributed by atoms with Crippen LogP contribution in [-0.4, -0.2) is 24.6 Å². The maximum absolute atomic E-state index is 12.3. The quantitative estimate of drug-likeness (QED) is 0.720. The van der Waals surface area contributed by atoms with Crippen molar-refractivity contribution in [3.63, 3.8) is 0 Å². The fourth-order valence-electron chi connectivity index (χ4n) is 3.00. The van der Waals surface area contributed by atoms with E-state index in [4.69, 9.17) is 21.1 Å². The minimum Gasteiger partial charge on any atom is -0.482 e. The molecule has 0 bridgehead atoms. The molecule has 0 radical (unpaired) electrons. The normalized spacial score (nSPS) is 14.4. The molecule has 0 aliphatic heterocycles. The van der Waals surface area contributed by atoms with Crippen molar-refractivity contribution in [2.24, 2.45) is 0 Å². The predicted molar refractivity (Wildman–Crippen MR) is 104 cm³/mol. The van der Waals surface area contributed by atoms with Crippen molar-refractivity contribution in [1.29, 1.82) is 0 Å². The number of para-hydroxylation sites is 1. The van der Waals surface area contributed by atoms with Gasteiger partial charge in [-0.25, -0.2) is 4.79 Å². The number of anilines is 1. The lowest BCUT2D eigenvalue weighted by atomic mass is 9.98. The third kappa shape index (κ3) is 5.73. The maximum Gasteiger partial charge on any atom is 0.344 e. The van der Waals surface area contributed by atoms with Gasteiger partial charge in [-0.3, -0.25) is 4.79 Å². The second-order valence-corrected chi connectivity index (χ2v) is 6.90. The highest BCUT2D eigenvalue weighted by Crippen LogP contribution is 2.22. The van der Waals surface area contributed by atoms with Crippen molar-refractivity contribution in [2.75, 3.05) is 11.9 Å². The fraction of sp³-hybridized carbons (Fsp3) is 0.333. The second-order valence-electron chi connectivity index (χ2n) is 6.50. The van der Waals surface area contributed by atoms with Gasteiger partial charge in [-0.1, -0.05) is 30.2 Å². The standard InChI is InChI=1S/C21H22ClNO4/c22-18-8-4-5-9-19(18)23-21(25)15-10-12-16(13-11-15)26-14-20(24)27-17-6-2-1-3-7-17/h4-5,8-13,17H,1-3,6-7,14H2,(H,23,25). The summed E-state index contributed by atoms with van der Waals surface area (Å²) < 4.78 is 10.9. The SMILES string of the molecule is O=C(COc1ccc(C(=O)Nc2ccccc2Cl)cc1)OC1CCCCC1.